The molecule has 1 aromatic carbocycles. The van der Waals surface area contributed by atoms with Crippen LogP contribution >= 0.6 is 6.72 Å². The van der Waals surface area contributed by atoms with Crippen LogP contribution in [-0.2, 0) is 32.2 Å². The number of hydrogen-bond donors (Lipinski definition) is 1. The highest BCUT2D eigenvalue weighted by atomic mass is 32.5. The van der Waals surface area contributed by atoms with Gasteiger partial charge in [0.25, 0.3) is 0 Å². The van der Waals surface area contributed by atoms with Crippen molar-refractivity contribution in [2.75, 3.05) is 12.9 Å². The van der Waals surface area contributed by atoms with Crippen LogP contribution in [0.1, 0.15) is 18.1 Å². The van der Waals surface area contributed by atoms with E-state index in [4.69, 9.17) is 16.3 Å². The van der Waals surface area contributed by atoms with Gasteiger partial charge in [-0.1, -0.05) is 0 Å². The van der Waals surface area contributed by atoms with Gasteiger partial charge in [0.15, 0.2) is 0 Å². The molecule has 0 bridgehead atoms. The lowest BCUT2D eigenvalue weighted by Gasteiger charge is -2.17. The third kappa shape index (κ3) is 4.95. The molecule has 0 saturated heterocycles. The lowest BCUT2D eigenvalue weighted by atomic mass is 10.1. The predicted molar refractivity (Wildman–Crippen MR) is 78.1 cm³/mol. The van der Waals surface area contributed by atoms with Gasteiger partial charge in [-0.25, -0.2) is 4.89 Å². The molecule has 0 saturated carbocycles. The van der Waals surface area contributed by atoms with Crippen molar-refractivity contribution < 1.29 is 23.2 Å². The minimum absolute atomic E-state index is 0.258. The van der Waals surface area contributed by atoms with E-state index in [0.717, 1.165) is 16.0 Å². The SMILES string of the molecule is CCOOP(O)(=S)Oc1cc(C)c(S(C)=O)c(C)c1. The first kappa shape index (κ1) is 16.8. The second-order valence-corrected chi connectivity index (χ2v) is 7.85. The van der Waals surface area contributed by atoms with E-state index in [0.29, 0.717) is 5.75 Å². The average Bonchev–Trinajstić information content (AvgIpc) is 2.24. The molecule has 0 spiro atoms. The summed E-state index contributed by atoms with van der Waals surface area (Å²) in [4.78, 5) is 15.1. The highest BCUT2D eigenvalue weighted by Gasteiger charge is 2.19. The molecular formula is C11H17O5PS2. The molecule has 0 radical (unpaired) electrons. The summed E-state index contributed by atoms with van der Waals surface area (Å²) in [5.74, 6) is 0.370. The Bertz CT molecular complexity index is 509. The summed E-state index contributed by atoms with van der Waals surface area (Å²) in [7, 11) is -1.08. The van der Waals surface area contributed by atoms with E-state index in [1.807, 2.05) is 13.8 Å². The lowest BCUT2D eigenvalue weighted by Crippen LogP contribution is -2.01. The molecule has 0 aromatic heterocycles. The van der Waals surface area contributed by atoms with Crippen molar-refractivity contribution in [1.82, 2.24) is 0 Å². The van der Waals surface area contributed by atoms with Gasteiger partial charge in [-0.15, -0.1) is 4.67 Å². The summed E-state index contributed by atoms with van der Waals surface area (Å²) < 4.78 is 21.5. The Kier molecular flexibility index (Phi) is 6.11. The molecule has 0 amide bonds. The molecule has 1 rings (SSSR count). The maximum Gasteiger partial charge on any atom is 0.405 e. The van der Waals surface area contributed by atoms with Crippen molar-refractivity contribution in [3.05, 3.63) is 23.3 Å². The fourth-order valence-corrected chi connectivity index (χ4v) is 3.74. The zero-order valence-electron chi connectivity index (χ0n) is 11.2. The van der Waals surface area contributed by atoms with Crippen molar-refractivity contribution in [2.45, 2.75) is 25.7 Å². The van der Waals surface area contributed by atoms with Crippen LogP contribution in [0.25, 0.3) is 0 Å². The Morgan fingerprint density at radius 2 is 1.89 bits per heavy atom. The Balaban J connectivity index is 2.98. The third-order valence-electron chi connectivity index (χ3n) is 2.21. The molecule has 0 aliphatic rings. The fraction of sp³-hybridized carbons (Fsp3) is 0.455. The van der Waals surface area contributed by atoms with Crippen molar-refractivity contribution in [3.8, 4) is 5.75 Å². The smallest absolute Gasteiger partial charge is 0.405 e. The van der Waals surface area contributed by atoms with Gasteiger partial charge in [-0.05, 0) is 44.0 Å². The fourth-order valence-electron chi connectivity index (χ4n) is 1.68. The first-order chi connectivity index (χ1) is 8.76. The van der Waals surface area contributed by atoms with Crippen LogP contribution in [0.2, 0.25) is 0 Å². The Labute approximate surface area is 120 Å². The van der Waals surface area contributed by atoms with E-state index in [9.17, 15) is 9.10 Å². The van der Waals surface area contributed by atoms with Crippen LogP contribution < -0.4 is 4.52 Å². The van der Waals surface area contributed by atoms with Crippen LogP contribution in [0.15, 0.2) is 17.0 Å². The van der Waals surface area contributed by atoms with E-state index >= 15 is 0 Å². The summed E-state index contributed by atoms with van der Waals surface area (Å²) in [5.41, 5.74) is 1.62. The Morgan fingerprint density at radius 1 is 1.37 bits per heavy atom. The van der Waals surface area contributed by atoms with Gasteiger partial charge in [0.1, 0.15) is 5.75 Å². The molecule has 8 heteroatoms. The number of hydrogen-bond acceptors (Lipinski definition) is 5. The van der Waals surface area contributed by atoms with Crippen LogP contribution in [-0.4, -0.2) is 22.0 Å². The molecule has 19 heavy (non-hydrogen) atoms. The molecule has 2 atom stereocenters. The summed E-state index contributed by atoms with van der Waals surface area (Å²) in [6.07, 6.45) is 1.62. The van der Waals surface area contributed by atoms with Crippen molar-refractivity contribution >= 4 is 29.3 Å². The Morgan fingerprint density at radius 3 is 2.32 bits per heavy atom. The van der Waals surface area contributed by atoms with Gasteiger partial charge in [0.2, 0.25) is 0 Å². The highest BCUT2D eigenvalue weighted by Crippen LogP contribution is 2.45. The molecular weight excluding hydrogens is 307 g/mol. The molecule has 2 unspecified atom stereocenters. The maximum atomic E-state index is 11.6. The number of aryl methyl sites for hydroxylation is 2. The van der Waals surface area contributed by atoms with E-state index in [-0.39, 0.29) is 6.61 Å². The lowest BCUT2D eigenvalue weighted by molar-refractivity contribution is -0.208. The summed E-state index contributed by atoms with van der Waals surface area (Å²) >= 11 is 4.80. The van der Waals surface area contributed by atoms with Crippen LogP contribution in [0, 0.1) is 13.8 Å². The van der Waals surface area contributed by atoms with Gasteiger partial charge >= 0.3 is 6.72 Å². The quantitative estimate of drug-likeness (QED) is 0.493. The van der Waals surface area contributed by atoms with Crippen molar-refractivity contribution in [1.29, 1.82) is 0 Å². The first-order valence-corrected chi connectivity index (χ1v) is 9.70. The largest absolute Gasteiger partial charge is 0.423 e. The third-order valence-corrected chi connectivity index (χ3v) is 4.57. The van der Waals surface area contributed by atoms with Crippen LogP contribution in [0.4, 0.5) is 0 Å². The minimum atomic E-state index is -3.47. The van der Waals surface area contributed by atoms with E-state index in [1.165, 1.54) is 0 Å². The molecule has 0 heterocycles. The van der Waals surface area contributed by atoms with E-state index < -0.39 is 17.5 Å². The zero-order chi connectivity index (χ0) is 14.6. The summed E-state index contributed by atoms with van der Waals surface area (Å²) in [6, 6.07) is 3.33. The molecule has 1 aromatic rings. The van der Waals surface area contributed by atoms with E-state index in [2.05, 4.69) is 9.56 Å². The van der Waals surface area contributed by atoms with Gasteiger partial charge in [-0.3, -0.25) is 4.21 Å². The van der Waals surface area contributed by atoms with Gasteiger partial charge in [0, 0.05) is 23.0 Å². The van der Waals surface area contributed by atoms with Gasteiger partial charge in [-0.2, -0.15) is 0 Å². The monoisotopic (exact) mass is 324 g/mol. The molecule has 0 aliphatic heterocycles. The minimum Gasteiger partial charge on any atom is -0.423 e. The standard InChI is InChI=1S/C11H17O5PS2/c1-5-14-16-17(12,18)15-10-6-8(2)11(19(4)13)9(3)7-10/h6-7H,5H2,1-4H3,(H,12,18). The molecule has 1 N–H and O–H groups in total. The second kappa shape index (κ2) is 6.92. The molecule has 0 fully saturated rings. The predicted octanol–water partition coefficient (Wildman–Crippen LogP) is 2.60. The number of benzene rings is 1. The van der Waals surface area contributed by atoms with Gasteiger partial charge in [0.05, 0.1) is 17.4 Å². The zero-order valence-corrected chi connectivity index (χ0v) is 13.7. The van der Waals surface area contributed by atoms with Crippen molar-refractivity contribution in [2.24, 2.45) is 0 Å². The normalized spacial score (nSPS) is 15.8. The molecule has 108 valence electrons. The van der Waals surface area contributed by atoms with E-state index in [1.54, 1.807) is 25.3 Å². The topological polar surface area (TPSA) is 65.0 Å². The average molecular weight is 324 g/mol. The second-order valence-electron chi connectivity index (χ2n) is 3.88. The van der Waals surface area contributed by atoms with Crippen LogP contribution in [0.3, 0.4) is 0 Å². The molecule has 0 aliphatic carbocycles. The first-order valence-electron chi connectivity index (χ1n) is 5.55. The Hall–Kier alpha value is -0.300. The van der Waals surface area contributed by atoms with Gasteiger partial charge < -0.3 is 9.42 Å². The number of rotatable bonds is 6. The summed E-state index contributed by atoms with van der Waals surface area (Å²) in [5, 5.41) is 0. The maximum absolute atomic E-state index is 11.6. The highest BCUT2D eigenvalue weighted by molar-refractivity contribution is 8.07. The molecule has 5 nitrogen and oxygen atoms in total. The van der Waals surface area contributed by atoms with Crippen LogP contribution in [0.5, 0.6) is 5.75 Å². The summed E-state index contributed by atoms with van der Waals surface area (Å²) in [6.45, 7) is 2.13. The van der Waals surface area contributed by atoms with Crippen molar-refractivity contribution in [3.63, 3.8) is 0 Å².